The van der Waals surface area contributed by atoms with Gasteiger partial charge in [-0.2, -0.15) is 0 Å². The minimum Gasteiger partial charge on any atom is -0.382 e. The van der Waals surface area contributed by atoms with E-state index in [0.717, 1.165) is 6.42 Å². The Morgan fingerprint density at radius 2 is 2.08 bits per heavy atom. The van der Waals surface area contributed by atoms with E-state index in [1.54, 1.807) is 7.11 Å². The lowest BCUT2D eigenvalue weighted by Gasteiger charge is -2.49. The van der Waals surface area contributed by atoms with Gasteiger partial charge in [-0.05, 0) is 6.42 Å². The van der Waals surface area contributed by atoms with E-state index in [2.05, 4.69) is 13.8 Å². The summed E-state index contributed by atoms with van der Waals surface area (Å²) in [7, 11) is 1.68. The summed E-state index contributed by atoms with van der Waals surface area (Å²) in [4.78, 5) is 0. The minimum absolute atomic E-state index is 0.147. The fourth-order valence-electron chi connectivity index (χ4n) is 1.47. The number of ether oxygens (including phenoxy) is 2. The molecule has 2 unspecified atom stereocenters. The van der Waals surface area contributed by atoms with Gasteiger partial charge < -0.3 is 15.2 Å². The highest BCUT2D eigenvalue weighted by molar-refractivity contribution is 5.00. The molecule has 2 N–H and O–H groups in total. The largest absolute Gasteiger partial charge is 0.382 e. The van der Waals surface area contributed by atoms with Crippen LogP contribution >= 0.6 is 0 Å². The molecular weight excluding hydrogens is 154 g/mol. The van der Waals surface area contributed by atoms with Crippen LogP contribution in [0, 0.1) is 5.41 Å². The third-order valence-corrected chi connectivity index (χ3v) is 2.86. The monoisotopic (exact) mass is 173 g/mol. The van der Waals surface area contributed by atoms with Gasteiger partial charge in [0.05, 0.1) is 19.3 Å². The molecule has 0 saturated heterocycles. The highest BCUT2D eigenvalue weighted by atomic mass is 16.5. The van der Waals surface area contributed by atoms with Crippen LogP contribution in [-0.2, 0) is 9.47 Å². The number of hydrogen-bond donors (Lipinski definition) is 1. The third kappa shape index (κ3) is 1.79. The Morgan fingerprint density at radius 3 is 2.50 bits per heavy atom. The number of nitrogens with two attached hydrogens (primary N) is 1. The number of rotatable bonds is 4. The predicted molar refractivity (Wildman–Crippen MR) is 48.0 cm³/mol. The summed E-state index contributed by atoms with van der Waals surface area (Å²) in [5, 5.41) is 0. The van der Waals surface area contributed by atoms with Crippen molar-refractivity contribution in [3.05, 3.63) is 0 Å². The first-order valence-corrected chi connectivity index (χ1v) is 4.45. The molecule has 0 bridgehead atoms. The first-order valence-electron chi connectivity index (χ1n) is 4.45. The van der Waals surface area contributed by atoms with Gasteiger partial charge >= 0.3 is 0 Å². The van der Waals surface area contributed by atoms with Crippen molar-refractivity contribution in [1.82, 2.24) is 0 Å². The zero-order chi connectivity index (χ0) is 9.19. The zero-order valence-electron chi connectivity index (χ0n) is 8.17. The van der Waals surface area contributed by atoms with Crippen molar-refractivity contribution in [2.24, 2.45) is 11.1 Å². The lowest BCUT2D eigenvalue weighted by Crippen LogP contribution is -2.59. The third-order valence-electron chi connectivity index (χ3n) is 2.86. The van der Waals surface area contributed by atoms with Crippen molar-refractivity contribution in [3.63, 3.8) is 0 Å². The summed E-state index contributed by atoms with van der Waals surface area (Å²) in [6, 6.07) is 0.296. The standard InChI is InChI=1S/C9H19NO2/c1-9(2)7(10)6-8(9)12-5-4-11-3/h7-8H,4-6,10H2,1-3H3. The molecule has 0 aliphatic heterocycles. The Kier molecular flexibility index (Phi) is 3.09. The van der Waals surface area contributed by atoms with E-state index >= 15 is 0 Å². The van der Waals surface area contributed by atoms with Gasteiger partial charge in [-0.1, -0.05) is 13.8 Å². The summed E-state index contributed by atoms with van der Waals surface area (Å²) in [6.45, 7) is 5.65. The first kappa shape index (κ1) is 9.96. The topological polar surface area (TPSA) is 44.5 Å². The van der Waals surface area contributed by atoms with Crippen molar-refractivity contribution in [2.45, 2.75) is 32.4 Å². The molecule has 2 atom stereocenters. The van der Waals surface area contributed by atoms with Crippen molar-refractivity contribution >= 4 is 0 Å². The Bertz CT molecular complexity index is 147. The van der Waals surface area contributed by atoms with E-state index in [0.29, 0.717) is 25.4 Å². The molecule has 1 fully saturated rings. The predicted octanol–water partition coefficient (Wildman–Crippen LogP) is 0.775. The molecule has 1 saturated carbocycles. The van der Waals surface area contributed by atoms with E-state index in [4.69, 9.17) is 15.2 Å². The maximum absolute atomic E-state index is 5.84. The van der Waals surface area contributed by atoms with Gasteiger partial charge in [0.1, 0.15) is 0 Å². The molecule has 0 aromatic rings. The molecule has 72 valence electrons. The molecule has 12 heavy (non-hydrogen) atoms. The molecule has 0 radical (unpaired) electrons. The van der Waals surface area contributed by atoms with Crippen LogP contribution in [0.4, 0.5) is 0 Å². The van der Waals surface area contributed by atoms with Gasteiger partial charge in [-0.25, -0.2) is 0 Å². The van der Waals surface area contributed by atoms with Crippen LogP contribution in [0.1, 0.15) is 20.3 Å². The van der Waals surface area contributed by atoms with E-state index < -0.39 is 0 Å². The normalized spacial score (nSPS) is 33.0. The average Bonchev–Trinajstić information content (AvgIpc) is 2.04. The SMILES string of the molecule is COCCOC1CC(N)C1(C)C. The van der Waals surface area contributed by atoms with Crippen LogP contribution in [-0.4, -0.2) is 32.5 Å². The molecule has 0 aromatic heterocycles. The smallest absolute Gasteiger partial charge is 0.0704 e. The minimum atomic E-state index is 0.147. The van der Waals surface area contributed by atoms with Crippen molar-refractivity contribution in [3.8, 4) is 0 Å². The highest BCUT2D eigenvalue weighted by Gasteiger charge is 2.46. The molecule has 1 rings (SSSR count). The summed E-state index contributed by atoms with van der Waals surface area (Å²) in [5.41, 5.74) is 5.99. The van der Waals surface area contributed by atoms with Crippen LogP contribution in [0.25, 0.3) is 0 Å². The Hall–Kier alpha value is -0.120. The first-order chi connectivity index (χ1) is 5.59. The second-order valence-electron chi connectivity index (χ2n) is 4.02. The Morgan fingerprint density at radius 1 is 1.42 bits per heavy atom. The summed E-state index contributed by atoms with van der Waals surface area (Å²) in [6.07, 6.45) is 1.30. The zero-order valence-corrected chi connectivity index (χ0v) is 8.17. The van der Waals surface area contributed by atoms with Crippen molar-refractivity contribution in [2.75, 3.05) is 20.3 Å². The van der Waals surface area contributed by atoms with Gasteiger partial charge in [0, 0.05) is 18.6 Å². The van der Waals surface area contributed by atoms with E-state index in [1.165, 1.54) is 0 Å². The maximum Gasteiger partial charge on any atom is 0.0704 e. The van der Waals surface area contributed by atoms with Crippen LogP contribution in [0.15, 0.2) is 0 Å². The molecule has 0 heterocycles. The average molecular weight is 173 g/mol. The summed E-state index contributed by atoms with van der Waals surface area (Å²) in [5.74, 6) is 0. The van der Waals surface area contributed by atoms with Gasteiger partial charge in [0.25, 0.3) is 0 Å². The molecule has 1 aliphatic carbocycles. The summed E-state index contributed by atoms with van der Waals surface area (Å²) >= 11 is 0. The van der Waals surface area contributed by atoms with Gasteiger partial charge in [0.2, 0.25) is 0 Å². The second-order valence-corrected chi connectivity index (χ2v) is 4.02. The lowest BCUT2D eigenvalue weighted by molar-refractivity contribution is -0.116. The quantitative estimate of drug-likeness (QED) is 0.639. The summed E-state index contributed by atoms with van der Waals surface area (Å²) < 4.78 is 10.5. The second kappa shape index (κ2) is 3.73. The lowest BCUT2D eigenvalue weighted by atomic mass is 9.65. The van der Waals surface area contributed by atoms with Crippen molar-refractivity contribution < 1.29 is 9.47 Å². The maximum atomic E-state index is 5.84. The van der Waals surface area contributed by atoms with Crippen LogP contribution in [0.3, 0.4) is 0 Å². The molecule has 0 spiro atoms. The fraction of sp³-hybridized carbons (Fsp3) is 1.00. The van der Waals surface area contributed by atoms with E-state index in [-0.39, 0.29) is 5.41 Å². The van der Waals surface area contributed by atoms with Gasteiger partial charge in [-0.15, -0.1) is 0 Å². The van der Waals surface area contributed by atoms with Gasteiger partial charge in [0.15, 0.2) is 0 Å². The number of hydrogen-bond acceptors (Lipinski definition) is 3. The van der Waals surface area contributed by atoms with Crippen molar-refractivity contribution in [1.29, 1.82) is 0 Å². The van der Waals surface area contributed by atoms with Gasteiger partial charge in [-0.3, -0.25) is 0 Å². The van der Waals surface area contributed by atoms with Crippen LogP contribution < -0.4 is 5.73 Å². The molecule has 1 aliphatic rings. The fourth-order valence-corrected chi connectivity index (χ4v) is 1.47. The van der Waals surface area contributed by atoms with E-state index in [9.17, 15) is 0 Å². The molecule has 3 nitrogen and oxygen atoms in total. The van der Waals surface area contributed by atoms with E-state index in [1.807, 2.05) is 0 Å². The Balaban J connectivity index is 2.19. The Labute approximate surface area is 74.2 Å². The number of methoxy groups -OCH3 is 1. The van der Waals surface area contributed by atoms with Crippen LogP contribution in [0.5, 0.6) is 0 Å². The highest BCUT2D eigenvalue weighted by Crippen LogP contribution is 2.41. The molecule has 0 aromatic carbocycles. The molecule has 3 heteroatoms. The van der Waals surface area contributed by atoms with Crippen LogP contribution in [0.2, 0.25) is 0 Å². The molecular formula is C9H19NO2. The molecule has 0 amide bonds.